The summed E-state index contributed by atoms with van der Waals surface area (Å²) in [7, 11) is 0. The van der Waals surface area contributed by atoms with Crippen LogP contribution in [0.4, 0.5) is 0 Å². The third-order valence-electron chi connectivity index (χ3n) is 2.67. The zero-order chi connectivity index (χ0) is 10.1. The number of carbonyl (C=O) groups is 1. The van der Waals surface area contributed by atoms with Crippen molar-refractivity contribution in [3.05, 3.63) is 28.8 Å². The fraction of sp³-hybridized carbons (Fsp3) is 0.364. The highest BCUT2D eigenvalue weighted by molar-refractivity contribution is 6.30. The Morgan fingerprint density at radius 3 is 2.86 bits per heavy atom. The molecule has 1 aliphatic rings. The summed E-state index contributed by atoms with van der Waals surface area (Å²) < 4.78 is 0. The van der Waals surface area contributed by atoms with Gasteiger partial charge in [0, 0.05) is 22.9 Å². The molecule has 0 spiro atoms. The van der Waals surface area contributed by atoms with Gasteiger partial charge in [-0.05, 0) is 31.0 Å². The van der Waals surface area contributed by atoms with Crippen LogP contribution in [0.1, 0.15) is 30.7 Å². The van der Waals surface area contributed by atoms with Crippen LogP contribution in [-0.2, 0) is 4.79 Å². The zero-order valence-corrected chi connectivity index (χ0v) is 8.42. The molecule has 0 amide bonds. The maximum absolute atomic E-state index is 11.5. The number of rotatable bonds is 1. The molecule has 0 bridgehead atoms. The molecule has 1 fully saturated rings. The van der Waals surface area contributed by atoms with Gasteiger partial charge in [-0.1, -0.05) is 11.6 Å². The number of aromatic hydroxyl groups is 1. The van der Waals surface area contributed by atoms with E-state index < -0.39 is 0 Å². The third-order valence-corrected chi connectivity index (χ3v) is 2.90. The van der Waals surface area contributed by atoms with E-state index in [4.69, 9.17) is 11.6 Å². The SMILES string of the molecule is O=C1CCCC1c1cc(Cl)ccc1O. The molecule has 0 aliphatic heterocycles. The Hall–Kier alpha value is -1.02. The van der Waals surface area contributed by atoms with E-state index >= 15 is 0 Å². The summed E-state index contributed by atoms with van der Waals surface area (Å²) in [5.74, 6) is 0.242. The number of halogens is 1. The van der Waals surface area contributed by atoms with E-state index in [0.717, 1.165) is 12.8 Å². The van der Waals surface area contributed by atoms with Crippen LogP contribution in [0.15, 0.2) is 18.2 Å². The van der Waals surface area contributed by atoms with Crippen molar-refractivity contribution in [2.75, 3.05) is 0 Å². The first-order chi connectivity index (χ1) is 6.68. The molecule has 0 aromatic heterocycles. The number of hydrogen-bond donors (Lipinski definition) is 1. The van der Waals surface area contributed by atoms with Crippen molar-refractivity contribution < 1.29 is 9.90 Å². The van der Waals surface area contributed by atoms with Crippen molar-refractivity contribution in [3.63, 3.8) is 0 Å². The van der Waals surface area contributed by atoms with Crippen molar-refractivity contribution in [3.8, 4) is 5.75 Å². The van der Waals surface area contributed by atoms with Crippen molar-refractivity contribution in [2.45, 2.75) is 25.2 Å². The van der Waals surface area contributed by atoms with Crippen LogP contribution < -0.4 is 0 Å². The second-order valence-corrected chi connectivity index (χ2v) is 4.05. The van der Waals surface area contributed by atoms with Crippen molar-refractivity contribution >= 4 is 17.4 Å². The van der Waals surface area contributed by atoms with Crippen LogP contribution in [0.3, 0.4) is 0 Å². The Balaban J connectivity index is 2.39. The standard InChI is InChI=1S/C11H11ClO2/c12-7-4-5-11(14)9(6-7)8-2-1-3-10(8)13/h4-6,8,14H,1-3H2. The summed E-state index contributed by atoms with van der Waals surface area (Å²) >= 11 is 5.82. The number of ketones is 1. The summed E-state index contributed by atoms with van der Waals surface area (Å²) in [6.45, 7) is 0. The van der Waals surface area contributed by atoms with Crippen molar-refractivity contribution in [2.24, 2.45) is 0 Å². The minimum atomic E-state index is -0.145. The number of benzene rings is 1. The van der Waals surface area contributed by atoms with E-state index in [1.54, 1.807) is 18.2 Å². The second kappa shape index (κ2) is 3.62. The number of phenolic OH excluding ortho intramolecular Hbond substituents is 1. The lowest BCUT2D eigenvalue weighted by atomic mass is 9.96. The molecule has 3 heteroatoms. The van der Waals surface area contributed by atoms with Gasteiger partial charge >= 0.3 is 0 Å². The maximum Gasteiger partial charge on any atom is 0.140 e. The Morgan fingerprint density at radius 1 is 1.43 bits per heavy atom. The molecule has 2 nitrogen and oxygen atoms in total. The molecule has 74 valence electrons. The third kappa shape index (κ3) is 1.62. The molecule has 1 saturated carbocycles. The average Bonchev–Trinajstić information content (AvgIpc) is 2.56. The first-order valence-corrected chi connectivity index (χ1v) is 5.07. The molecule has 1 aliphatic carbocycles. The lowest BCUT2D eigenvalue weighted by molar-refractivity contribution is -0.118. The normalized spacial score (nSPS) is 21.5. The fourth-order valence-corrected chi connectivity index (χ4v) is 2.13. The van der Waals surface area contributed by atoms with Crippen LogP contribution in [0.5, 0.6) is 5.75 Å². The summed E-state index contributed by atoms with van der Waals surface area (Å²) in [4.78, 5) is 11.5. The zero-order valence-electron chi connectivity index (χ0n) is 7.66. The highest BCUT2D eigenvalue weighted by Crippen LogP contribution is 2.37. The lowest BCUT2D eigenvalue weighted by Gasteiger charge is -2.10. The first-order valence-electron chi connectivity index (χ1n) is 4.69. The Bertz CT molecular complexity index is 374. The Morgan fingerprint density at radius 2 is 2.21 bits per heavy atom. The van der Waals surface area contributed by atoms with Gasteiger partial charge in [-0.3, -0.25) is 4.79 Å². The van der Waals surface area contributed by atoms with Crippen LogP contribution in [0.25, 0.3) is 0 Å². The highest BCUT2D eigenvalue weighted by Gasteiger charge is 2.28. The van der Waals surface area contributed by atoms with Crippen molar-refractivity contribution in [1.29, 1.82) is 0 Å². The quantitative estimate of drug-likeness (QED) is 0.774. The van der Waals surface area contributed by atoms with Crippen LogP contribution in [-0.4, -0.2) is 10.9 Å². The predicted molar refractivity (Wildman–Crippen MR) is 54.7 cm³/mol. The predicted octanol–water partition coefficient (Wildman–Crippen LogP) is 2.88. The molecule has 0 heterocycles. The average molecular weight is 211 g/mol. The smallest absolute Gasteiger partial charge is 0.140 e. The molecule has 0 saturated heterocycles. The number of carbonyl (C=O) groups excluding carboxylic acids is 1. The van der Waals surface area contributed by atoms with E-state index in [2.05, 4.69) is 0 Å². The molecule has 0 radical (unpaired) electrons. The number of Topliss-reactive ketones (excluding diaryl/α,β-unsaturated/α-hetero) is 1. The summed E-state index contributed by atoms with van der Waals surface area (Å²) in [6, 6.07) is 4.86. The van der Waals surface area contributed by atoms with Gasteiger partial charge in [-0.2, -0.15) is 0 Å². The topological polar surface area (TPSA) is 37.3 Å². The minimum absolute atomic E-state index is 0.145. The first kappa shape index (κ1) is 9.53. The Kier molecular flexibility index (Phi) is 2.46. The van der Waals surface area contributed by atoms with Gasteiger partial charge in [0.05, 0.1) is 0 Å². The van der Waals surface area contributed by atoms with E-state index in [-0.39, 0.29) is 17.5 Å². The van der Waals surface area contributed by atoms with E-state index in [0.29, 0.717) is 17.0 Å². The number of phenols is 1. The van der Waals surface area contributed by atoms with Crippen LogP contribution >= 0.6 is 11.6 Å². The van der Waals surface area contributed by atoms with E-state index in [1.807, 2.05) is 0 Å². The maximum atomic E-state index is 11.5. The van der Waals surface area contributed by atoms with Gasteiger partial charge in [-0.25, -0.2) is 0 Å². The molecule has 1 atom stereocenters. The van der Waals surface area contributed by atoms with Crippen LogP contribution in [0.2, 0.25) is 5.02 Å². The molecule has 1 N–H and O–H groups in total. The van der Waals surface area contributed by atoms with Crippen LogP contribution in [0, 0.1) is 0 Å². The van der Waals surface area contributed by atoms with Gasteiger partial charge in [0.1, 0.15) is 11.5 Å². The largest absolute Gasteiger partial charge is 0.508 e. The molecule has 14 heavy (non-hydrogen) atoms. The highest BCUT2D eigenvalue weighted by atomic mass is 35.5. The van der Waals surface area contributed by atoms with Gasteiger partial charge in [-0.15, -0.1) is 0 Å². The van der Waals surface area contributed by atoms with Gasteiger partial charge in [0.15, 0.2) is 0 Å². The van der Waals surface area contributed by atoms with Gasteiger partial charge < -0.3 is 5.11 Å². The number of hydrogen-bond acceptors (Lipinski definition) is 2. The fourth-order valence-electron chi connectivity index (χ4n) is 1.95. The molecular weight excluding hydrogens is 200 g/mol. The Labute approximate surface area is 87.5 Å². The monoisotopic (exact) mass is 210 g/mol. The van der Waals surface area contributed by atoms with Gasteiger partial charge in [0.25, 0.3) is 0 Å². The van der Waals surface area contributed by atoms with E-state index in [9.17, 15) is 9.90 Å². The molecular formula is C11H11ClO2. The lowest BCUT2D eigenvalue weighted by Crippen LogP contribution is -2.04. The molecule has 1 aromatic carbocycles. The van der Waals surface area contributed by atoms with Gasteiger partial charge in [0.2, 0.25) is 0 Å². The minimum Gasteiger partial charge on any atom is -0.508 e. The van der Waals surface area contributed by atoms with E-state index in [1.165, 1.54) is 0 Å². The summed E-state index contributed by atoms with van der Waals surface area (Å²) in [5, 5.41) is 10.2. The molecule has 2 rings (SSSR count). The summed E-state index contributed by atoms with van der Waals surface area (Å²) in [6.07, 6.45) is 2.36. The van der Waals surface area contributed by atoms with Crippen molar-refractivity contribution in [1.82, 2.24) is 0 Å². The summed E-state index contributed by atoms with van der Waals surface area (Å²) in [5.41, 5.74) is 0.681. The molecule has 1 unspecified atom stereocenters. The molecule has 1 aromatic rings. The second-order valence-electron chi connectivity index (χ2n) is 3.61.